The van der Waals surface area contributed by atoms with Crippen LogP contribution in [0.4, 0.5) is 0 Å². The average molecular weight is 286 g/mol. The Hall–Kier alpha value is -1.51. The van der Waals surface area contributed by atoms with Gasteiger partial charge in [0, 0.05) is 16.8 Å². The van der Waals surface area contributed by atoms with Crippen LogP contribution in [0, 0.1) is 0 Å². The molecule has 3 aromatic rings. The molecule has 19 heavy (non-hydrogen) atoms. The summed E-state index contributed by atoms with van der Waals surface area (Å²) in [7, 11) is 0. The second-order valence-electron chi connectivity index (χ2n) is 4.29. The van der Waals surface area contributed by atoms with Crippen LogP contribution in [0.3, 0.4) is 0 Å². The fraction of sp³-hybridized carbons (Fsp3) is 0.0625. The Labute approximate surface area is 121 Å². The normalized spacial score (nSPS) is 10.8. The highest BCUT2D eigenvalue weighted by molar-refractivity contribution is 7.98. The summed E-state index contributed by atoms with van der Waals surface area (Å²) < 4.78 is 0. The van der Waals surface area contributed by atoms with E-state index in [2.05, 4.69) is 47.4 Å². The van der Waals surface area contributed by atoms with Gasteiger partial charge >= 0.3 is 0 Å². The third-order valence-corrected chi connectivity index (χ3v) is 4.20. The van der Waals surface area contributed by atoms with Crippen molar-refractivity contribution >= 4 is 34.1 Å². The minimum absolute atomic E-state index is 0.541. The van der Waals surface area contributed by atoms with E-state index in [1.54, 1.807) is 0 Å². The molecule has 0 aliphatic carbocycles. The Morgan fingerprint density at radius 1 is 0.947 bits per heavy atom. The molecule has 0 atom stereocenters. The van der Waals surface area contributed by atoms with E-state index in [9.17, 15) is 0 Å². The fourth-order valence-electron chi connectivity index (χ4n) is 1.92. The van der Waals surface area contributed by atoms with Crippen LogP contribution in [0.15, 0.2) is 65.7 Å². The number of halogens is 1. The molecule has 3 heteroatoms. The standard InChI is InChI=1S/C16H12ClNS/c17-16-8-5-12(10-18-16)11-19-15-7-6-13-3-1-2-4-14(13)9-15/h1-10H,11H2. The molecule has 2 aromatic carbocycles. The van der Waals surface area contributed by atoms with Crippen molar-refractivity contribution in [3.8, 4) is 0 Å². The van der Waals surface area contributed by atoms with Crippen molar-refractivity contribution in [2.75, 3.05) is 0 Å². The molecule has 0 aliphatic heterocycles. The Bertz CT molecular complexity index is 694. The molecule has 0 N–H and O–H groups in total. The number of aromatic nitrogens is 1. The summed E-state index contributed by atoms with van der Waals surface area (Å²) >= 11 is 7.59. The monoisotopic (exact) mass is 285 g/mol. The van der Waals surface area contributed by atoms with Gasteiger partial charge in [0.15, 0.2) is 0 Å². The second kappa shape index (κ2) is 5.64. The number of benzene rings is 2. The first-order valence-corrected chi connectivity index (χ1v) is 7.40. The van der Waals surface area contributed by atoms with Crippen LogP contribution >= 0.6 is 23.4 Å². The average Bonchev–Trinajstić information content (AvgIpc) is 2.46. The van der Waals surface area contributed by atoms with Gasteiger partial charge in [-0.3, -0.25) is 0 Å². The second-order valence-corrected chi connectivity index (χ2v) is 5.72. The third kappa shape index (κ3) is 3.09. The van der Waals surface area contributed by atoms with Gasteiger partial charge in [-0.2, -0.15) is 0 Å². The van der Waals surface area contributed by atoms with Crippen LogP contribution in [0.5, 0.6) is 0 Å². The van der Waals surface area contributed by atoms with E-state index in [1.807, 2.05) is 30.1 Å². The highest BCUT2D eigenvalue weighted by Crippen LogP contribution is 2.26. The quantitative estimate of drug-likeness (QED) is 0.486. The maximum absolute atomic E-state index is 5.78. The van der Waals surface area contributed by atoms with Crippen molar-refractivity contribution in [2.24, 2.45) is 0 Å². The highest BCUT2D eigenvalue weighted by atomic mass is 35.5. The lowest BCUT2D eigenvalue weighted by molar-refractivity contribution is 1.25. The fourth-order valence-corrected chi connectivity index (χ4v) is 2.91. The number of hydrogen-bond donors (Lipinski definition) is 0. The SMILES string of the molecule is Clc1ccc(CSc2ccc3ccccc3c2)cn1. The molecule has 0 amide bonds. The minimum Gasteiger partial charge on any atom is -0.244 e. The molecule has 3 rings (SSSR count). The summed E-state index contributed by atoms with van der Waals surface area (Å²) in [5.41, 5.74) is 1.18. The molecule has 0 saturated heterocycles. The number of nitrogens with zero attached hydrogens (tertiary/aromatic N) is 1. The van der Waals surface area contributed by atoms with Gasteiger partial charge in [-0.15, -0.1) is 11.8 Å². The lowest BCUT2D eigenvalue weighted by Crippen LogP contribution is -1.83. The molecule has 1 aromatic heterocycles. The molecule has 0 unspecified atom stereocenters. The van der Waals surface area contributed by atoms with Crippen molar-refractivity contribution in [3.05, 3.63) is 71.5 Å². The van der Waals surface area contributed by atoms with Gasteiger partial charge in [0.25, 0.3) is 0 Å². The predicted molar refractivity (Wildman–Crippen MR) is 82.8 cm³/mol. The lowest BCUT2D eigenvalue weighted by Gasteiger charge is -2.04. The summed E-state index contributed by atoms with van der Waals surface area (Å²) in [6.45, 7) is 0. The van der Waals surface area contributed by atoms with Crippen molar-refractivity contribution in [3.63, 3.8) is 0 Å². The van der Waals surface area contributed by atoms with Crippen molar-refractivity contribution in [2.45, 2.75) is 10.6 Å². The van der Waals surface area contributed by atoms with E-state index < -0.39 is 0 Å². The Balaban J connectivity index is 1.76. The zero-order chi connectivity index (χ0) is 13.1. The molecule has 94 valence electrons. The smallest absolute Gasteiger partial charge is 0.129 e. The summed E-state index contributed by atoms with van der Waals surface area (Å²) in [6, 6.07) is 18.8. The van der Waals surface area contributed by atoms with E-state index in [0.717, 1.165) is 5.75 Å². The molecule has 0 radical (unpaired) electrons. The molecule has 1 nitrogen and oxygen atoms in total. The maximum Gasteiger partial charge on any atom is 0.129 e. The molecule has 0 fully saturated rings. The van der Waals surface area contributed by atoms with E-state index in [1.165, 1.54) is 21.2 Å². The van der Waals surface area contributed by atoms with Gasteiger partial charge in [0.05, 0.1) is 0 Å². The molecule has 0 aliphatic rings. The van der Waals surface area contributed by atoms with Gasteiger partial charge in [0.2, 0.25) is 0 Å². The van der Waals surface area contributed by atoms with Crippen molar-refractivity contribution < 1.29 is 0 Å². The number of rotatable bonds is 3. The summed E-state index contributed by atoms with van der Waals surface area (Å²) in [5, 5.41) is 3.10. The predicted octanol–water partition coefficient (Wildman–Crippen LogP) is 5.18. The zero-order valence-electron chi connectivity index (χ0n) is 10.2. The summed E-state index contributed by atoms with van der Waals surface area (Å²) in [6.07, 6.45) is 1.83. The van der Waals surface area contributed by atoms with E-state index in [0.29, 0.717) is 5.15 Å². The molecule has 0 saturated carbocycles. The largest absolute Gasteiger partial charge is 0.244 e. The number of hydrogen-bond acceptors (Lipinski definition) is 2. The van der Waals surface area contributed by atoms with Crippen molar-refractivity contribution in [1.29, 1.82) is 0 Å². The van der Waals surface area contributed by atoms with Gasteiger partial charge < -0.3 is 0 Å². The number of fused-ring (bicyclic) bond motifs is 1. The molecular weight excluding hydrogens is 274 g/mol. The first kappa shape index (κ1) is 12.5. The van der Waals surface area contributed by atoms with Crippen LogP contribution in [-0.2, 0) is 5.75 Å². The van der Waals surface area contributed by atoms with Gasteiger partial charge in [-0.1, -0.05) is 48.0 Å². The van der Waals surface area contributed by atoms with Crippen LogP contribution in [0.25, 0.3) is 10.8 Å². The summed E-state index contributed by atoms with van der Waals surface area (Å²) in [5.74, 6) is 0.905. The lowest BCUT2D eigenvalue weighted by atomic mass is 10.1. The van der Waals surface area contributed by atoms with Crippen molar-refractivity contribution in [1.82, 2.24) is 4.98 Å². The van der Waals surface area contributed by atoms with Crippen LogP contribution in [0.2, 0.25) is 5.15 Å². The van der Waals surface area contributed by atoms with Gasteiger partial charge in [-0.25, -0.2) is 4.98 Å². The molecule has 0 spiro atoms. The topological polar surface area (TPSA) is 12.9 Å². The van der Waals surface area contributed by atoms with E-state index in [4.69, 9.17) is 11.6 Å². The van der Waals surface area contributed by atoms with E-state index in [-0.39, 0.29) is 0 Å². The van der Waals surface area contributed by atoms with Crippen LogP contribution in [0.1, 0.15) is 5.56 Å². The molecule has 1 heterocycles. The first-order chi connectivity index (χ1) is 9.31. The summed E-state index contributed by atoms with van der Waals surface area (Å²) in [4.78, 5) is 5.37. The van der Waals surface area contributed by atoms with Gasteiger partial charge in [0.1, 0.15) is 5.15 Å². The Kier molecular flexibility index (Phi) is 3.72. The highest BCUT2D eigenvalue weighted by Gasteiger charge is 1.99. The van der Waals surface area contributed by atoms with Crippen LogP contribution in [-0.4, -0.2) is 4.98 Å². The minimum atomic E-state index is 0.541. The molecule has 0 bridgehead atoms. The number of thioether (sulfide) groups is 1. The Morgan fingerprint density at radius 2 is 1.79 bits per heavy atom. The maximum atomic E-state index is 5.78. The first-order valence-electron chi connectivity index (χ1n) is 6.03. The van der Waals surface area contributed by atoms with E-state index >= 15 is 0 Å². The molecular formula is C16H12ClNS. The Morgan fingerprint density at radius 3 is 2.58 bits per heavy atom. The van der Waals surface area contributed by atoms with Gasteiger partial charge in [-0.05, 0) is 34.5 Å². The zero-order valence-corrected chi connectivity index (χ0v) is 11.8. The van der Waals surface area contributed by atoms with Crippen LogP contribution < -0.4 is 0 Å². The number of pyridine rings is 1. The third-order valence-electron chi connectivity index (χ3n) is 2.92.